The van der Waals surface area contributed by atoms with Crippen LogP contribution in [0.4, 0.5) is 0 Å². The van der Waals surface area contributed by atoms with Gasteiger partial charge in [0.15, 0.2) is 0 Å². The number of carboxylic acid groups (broad SMARTS) is 1. The first-order chi connectivity index (χ1) is 10.0. The molecular formula is C16H21BrN2O2. The van der Waals surface area contributed by atoms with Gasteiger partial charge in [-0.25, -0.2) is 0 Å². The molecule has 4 nitrogen and oxygen atoms in total. The molecule has 2 aliphatic rings. The van der Waals surface area contributed by atoms with Crippen LogP contribution in [0, 0.1) is 0 Å². The lowest BCUT2D eigenvalue weighted by Crippen LogP contribution is -2.53. The van der Waals surface area contributed by atoms with Crippen LogP contribution in [0.25, 0.3) is 0 Å². The number of carbonyl (C=O) groups is 1. The minimum Gasteiger partial charge on any atom is -0.480 e. The molecule has 3 rings (SSSR count). The Morgan fingerprint density at radius 3 is 2.95 bits per heavy atom. The first-order valence-electron chi connectivity index (χ1n) is 7.53. The zero-order valence-electron chi connectivity index (χ0n) is 12.3. The first kappa shape index (κ1) is 15.0. The zero-order chi connectivity index (χ0) is 15.0. The molecule has 2 atom stereocenters. The molecule has 1 unspecified atom stereocenters. The van der Waals surface area contributed by atoms with Crippen LogP contribution >= 0.6 is 15.9 Å². The highest BCUT2D eigenvalue weighted by Crippen LogP contribution is 2.37. The highest BCUT2D eigenvalue weighted by Gasteiger charge is 2.33. The molecule has 0 amide bonds. The molecule has 0 spiro atoms. The van der Waals surface area contributed by atoms with Crippen molar-refractivity contribution in [2.75, 3.05) is 26.2 Å². The molecule has 1 aromatic rings. The summed E-state index contributed by atoms with van der Waals surface area (Å²) in [5.41, 5.74) is 2.91. The molecule has 5 heteroatoms. The van der Waals surface area contributed by atoms with Gasteiger partial charge >= 0.3 is 5.97 Å². The molecule has 1 heterocycles. The van der Waals surface area contributed by atoms with E-state index in [0.717, 1.165) is 30.5 Å². The van der Waals surface area contributed by atoms with Gasteiger partial charge in [0, 0.05) is 36.2 Å². The molecule has 1 N–H and O–H groups in total. The number of aliphatic carboxylic acids is 1. The lowest BCUT2D eigenvalue weighted by Gasteiger charge is -2.42. The Kier molecular flexibility index (Phi) is 4.33. The fraction of sp³-hybridized carbons (Fsp3) is 0.562. The van der Waals surface area contributed by atoms with E-state index in [-0.39, 0.29) is 6.54 Å². The third-order valence-electron chi connectivity index (χ3n) is 4.73. The third kappa shape index (κ3) is 3.15. The molecule has 1 aliphatic heterocycles. The van der Waals surface area contributed by atoms with E-state index < -0.39 is 5.97 Å². The van der Waals surface area contributed by atoms with Crippen LogP contribution in [-0.2, 0) is 11.2 Å². The standard InChI is InChI=1S/C16H21BrN2O2/c1-11-9-19(7-6-18(11)10-16(20)21)15-5-2-12-8-13(17)3-4-14(12)15/h3-4,8,11,15H,2,5-7,9-10H2,1H3,(H,20,21)/t11?,15-/m1/s1. The molecule has 1 fully saturated rings. The van der Waals surface area contributed by atoms with Gasteiger partial charge in [-0.1, -0.05) is 22.0 Å². The average molecular weight is 353 g/mol. The normalized spacial score (nSPS) is 26.8. The quantitative estimate of drug-likeness (QED) is 0.907. The van der Waals surface area contributed by atoms with E-state index in [1.54, 1.807) is 0 Å². The minimum absolute atomic E-state index is 0.156. The van der Waals surface area contributed by atoms with Gasteiger partial charge in [0.2, 0.25) is 0 Å². The number of rotatable bonds is 3. The van der Waals surface area contributed by atoms with Gasteiger partial charge in [-0.05, 0) is 43.0 Å². The molecule has 21 heavy (non-hydrogen) atoms. The van der Waals surface area contributed by atoms with Crippen molar-refractivity contribution in [3.8, 4) is 0 Å². The van der Waals surface area contributed by atoms with Crippen molar-refractivity contribution in [1.82, 2.24) is 9.80 Å². The van der Waals surface area contributed by atoms with Crippen molar-refractivity contribution in [2.24, 2.45) is 0 Å². The maximum absolute atomic E-state index is 10.9. The van der Waals surface area contributed by atoms with E-state index in [9.17, 15) is 4.79 Å². The van der Waals surface area contributed by atoms with Crippen molar-refractivity contribution in [1.29, 1.82) is 0 Å². The molecule has 0 bridgehead atoms. The summed E-state index contributed by atoms with van der Waals surface area (Å²) in [6.45, 7) is 5.04. The van der Waals surface area contributed by atoms with E-state index in [4.69, 9.17) is 5.11 Å². The predicted molar refractivity (Wildman–Crippen MR) is 85.4 cm³/mol. The summed E-state index contributed by atoms with van der Waals surface area (Å²) in [6.07, 6.45) is 2.32. The van der Waals surface area contributed by atoms with Crippen molar-refractivity contribution < 1.29 is 9.90 Å². The monoisotopic (exact) mass is 352 g/mol. The highest BCUT2D eigenvalue weighted by atomic mass is 79.9. The zero-order valence-corrected chi connectivity index (χ0v) is 13.8. The third-order valence-corrected chi connectivity index (χ3v) is 5.22. The van der Waals surface area contributed by atoms with Gasteiger partial charge in [-0.2, -0.15) is 0 Å². The Bertz CT molecular complexity index is 549. The van der Waals surface area contributed by atoms with Crippen LogP contribution in [0.5, 0.6) is 0 Å². The van der Waals surface area contributed by atoms with Gasteiger partial charge in [0.05, 0.1) is 6.54 Å². The van der Waals surface area contributed by atoms with Crippen molar-refractivity contribution in [3.05, 3.63) is 33.8 Å². The second-order valence-corrected chi connectivity index (χ2v) is 7.02. The number of fused-ring (bicyclic) bond motifs is 1. The van der Waals surface area contributed by atoms with Crippen LogP contribution in [0.3, 0.4) is 0 Å². The second-order valence-electron chi connectivity index (χ2n) is 6.11. The van der Waals surface area contributed by atoms with Crippen LogP contribution in [0.15, 0.2) is 22.7 Å². The Morgan fingerprint density at radius 2 is 2.24 bits per heavy atom. The minimum atomic E-state index is -0.730. The lowest BCUT2D eigenvalue weighted by molar-refractivity contribution is -0.139. The number of piperazine rings is 1. The molecule has 0 radical (unpaired) electrons. The van der Waals surface area contributed by atoms with Gasteiger partial charge in [0.25, 0.3) is 0 Å². The van der Waals surface area contributed by atoms with Gasteiger partial charge in [0.1, 0.15) is 0 Å². The SMILES string of the molecule is CC1CN([C@@H]2CCc3cc(Br)ccc32)CCN1CC(=O)O. The Labute approximate surface area is 133 Å². The maximum atomic E-state index is 10.9. The molecule has 1 saturated heterocycles. The molecular weight excluding hydrogens is 332 g/mol. The lowest BCUT2D eigenvalue weighted by atomic mass is 10.0. The number of aryl methyl sites for hydroxylation is 1. The fourth-order valence-corrected chi connectivity index (χ4v) is 4.07. The van der Waals surface area contributed by atoms with Crippen LogP contribution in [0.2, 0.25) is 0 Å². The number of nitrogens with zero attached hydrogens (tertiary/aromatic N) is 2. The summed E-state index contributed by atoms with van der Waals surface area (Å²) in [5.74, 6) is -0.730. The Hall–Kier alpha value is -0.910. The fourth-order valence-electron chi connectivity index (χ4n) is 3.66. The Morgan fingerprint density at radius 1 is 1.43 bits per heavy atom. The number of halogens is 1. The van der Waals surface area contributed by atoms with Crippen molar-refractivity contribution >= 4 is 21.9 Å². The molecule has 0 saturated carbocycles. The topological polar surface area (TPSA) is 43.8 Å². The molecule has 1 aromatic carbocycles. The smallest absolute Gasteiger partial charge is 0.317 e. The summed E-state index contributed by atoms with van der Waals surface area (Å²) < 4.78 is 1.15. The van der Waals surface area contributed by atoms with E-state index in [2.05, 4.69) is 50.9 Å². The van der Waals surface area contributed by atoms with Crippen LogP contribution in [-0.4, -0.2) is 53.1 Å². The summed E-state index contributed by atoms with van der Waals surface area (Å²) in [4.78, 5) is 15.5. The predicted octanol–water partition coefficient (Wildman–Crippen LogP) is 2.53. The van der Waals surface area contributed by atoms with Crippen molar-refractivity contribution in [2.45, 2.75) is 31.8 Å². The number of benzene rings is 1. The van der Waals surface area contributed by atoms with Crippen LogP contribution < -0.4 is 0 Å². The second kappa shape index (κ2) is 6.07. The Balaban J connectivity index is 1.69. The van der Waals surface area contributed by atoms with Gasteiger partial charge in [-0.3, -0.25) is 14.6 Å². The molecule has 1 aliphatic carbocycles. The van der Waals surface area contributed by atoms with Gasteiger partial charge < -0.3 is 5.11 Å². The van der Waals surface area contributed by atoms with Gasteiger partial charge in [-0.15, -0.1) is 0 Å². The molecule has 0 aromatic heterocycles. The summed E-state index contributed by atoms with van der Waals surface area (Å²) in [6, 6.07) is 7.41. The number of carboxylic acids is 1. The van der Waals surface area contributed by atoms with E-state index in [1.165, 1.54) is 17.5 Å². The molecule has 114 valence electrons. The van der Waals surface area contributed by atoms with E-state index in [1.807, 2.05) is 0 Å². The highest BCUT2D eigenvalue weighted by molar-refractivity contribution is 9.10. The maximum Gasteiger partial charge on any atom is 0.317 e. The number of hydrogen-bond donors (Lipinski definition) is 1. The van der Waals surface area contributed by atoms with E-state index in [0.29, 0.717) is 12.1 Å². The summed E-state index contributed by atoms with van der Waals surface area (Å²) in [5, 5.41) is 8.96. The van der Waals surface area contributed by atoms with Crippen LogP contribution in [0.1, 0.15) is 30.5 Å². The average Bonchev–Trinajstić information content (AvgIpc) is 2.83. The first-order valence-corrected chi connectivity index (χ1v) is 8.32. The summed E-state index contributed by atoms with van der Waals surface area (Å²) in [7, 11) is 0. The largest absolute Gasteiger partial charge is 0.480 e. The summed E-state index contributed by atoms with van der Waals surface area (Å²) >= 11 is 3.55. The van der Waals surface area contributed by atoms with Crippen molar-refractivity contribution in [3.63, 3.8) is 0 Å². The van der Waals surface area contributed by atoms with E-state index >= 15 is 0 Å². The number of hydrogen-bond acceptors (Lipinski definition) is 3.